The summed E-state index contributed by atoms with van der Waals surface area (Å²) in [6.45, 7) is 2.26. The number of carbonyl (C=O) groups excluding carboxylic acids is 1. The average molecular weight is 513 g/mol. The van der Waals surface area contributed by atoms with Crippen LogP contribution in [0.1, 0.15) is 21.5 Å². The number of aryl methyl sites for hydroxylation is 1. The van der Waals surface area contributed by atoms with E-state index in [2.05, 4.69) is 15.5 Å². The predicted octanol–water partition coefficient (Wildman–Crippen LogP) is 6.89. The van der Waals surface area contributed by atoms with E-state index in [4.69, 9.17) is 27.6 Å². The van der Waals surface area contributed by atoms with Gasteiger partial charge in [0.05, 0.1) is 11.1 Å². The molecular formula is C25H16Cl2F2N4O2. The summed E-state index contributed by atoms with van der Waals surface area (Å²) in [4.78, 5) is 12.4. The number of aromatic nitrogens is 3. The Hall–Kier alpha value is -3.75. The Balaban J connectivity index is 1.52. The standard InChI is InChI=1S/C25H16Cl2F2N4O2/c1-13-11-33(12-15-2-5-16(26)8-21(15)27)22-19(13)9-18(29)10-20(22)24-31-32-25(35-24)30-23(34)14-3-6-17(28)7-4-14/h2-11H,12H2,1H3,(H,30,32,34). The van der Waals surface area contributed by atoms with Crippen LogP contribution in [0, 0.1) is 18.6 Å². The third-order valence-electron chi connectivity index (χ3n) is 5.47. The second-order valence-electron chi connectivity index (χ2n) is 7.90. The Labute approximate surface area is 208 Å². The molecule has 0 aliphatic rings. The molecule has 2 heterocycles. The highest BCUT2D eigenvalue weighted by molar-refractivity contribution is 6.35. The van der Waals surface area contributed by atoms with Gasteiger partial charge >= 0.3 is 6.01 Å². The molecule has 6 nitrogen and oxygen atoms in total. The molecule has 176 valence electrons. The molecule has 0 bridgehead atoms. The number of nitrogens with zero attached hydrogens (tertiary/aromatic N) is 3. The molecule has 5 rings (SSSR count). The summed E-state index contributed by atoms with van der Waals surface area (Å²) in [7, 11) is 0. The number of carbonyl (C=O) groups is 1. The van der Waals surface area contributed by atoms with Crippen LogP contribution in [-0.2, 0) is 6.54 Å². The smallest absolute Gasteiger partial charge is 0.322 e. The van der Waals surface area contributed by atoms with Crippen LogP contribution in [0.4, 0.5) is 14.8 Å². The number of nitrogens with one attached hydrogen (secondary N) is 1. The zero-order valence-corrected chi connectivity index (χ0v) is 19.7. The van der Waals surface area contributed by atoms with E-state index in [1.165, 1.54) is 36.4 Å². The first-order chi connectivity index (χ1) is 16.8. The molecule has 0 spiro atoms. The fraction of sp³-hybridized carbons (Fsp3) is 0.0800. The largest absolute Gasteiger partial charge is 0.403 e. The summed E-state index contributed by atoms with van der Waals surface area (Å²) in [5.41, 5.74) is 2.89. The summed E-state index contributed by atoms with van der Waals surface area (Å²) >= 11 is 12.4. The van der Waals surface area contributed by atoms with E-state index in [0.29, 0.717) is 33.1 Å². The number of halogens is 4. The van der Waals surface area contributed by atoms with Crippen LogP contribution < -0.4 is 5.32 Å². The first-order valence-electron chi connectivity index (χ1n) is 10.4. The van der Waals surface area contributed by atoms with Crippen LogP contribution in [0.3, 0.4) is 0 Å². The molecule has 0 aliphatic carbocycles. The second kappa shape index (κ2) is 9.13. The monoisotopic (exact) mass is 512 g/mol. The molecule has 0 unspecified atom stereocenters. The van der Waals surface area contributed by atoms with Gasteiger partial charge in [-0.2, -0.15) is 0 Å². The highest BCUT2D eigenvalue weighted by Gasteiger charge is 2.20. The minimum absolute atomic E-state index is 0.0189. The van der Waals surface area contributed by atoms with E-state index in [1.54, 1.807) is 12.1 Å². The van der Waals surface area contributed by atoms with Crippen molar-refractivity contribution in [3.8, 4) is 11.5 Å². The van der Waals surface area contributed by atoms with E-state index in [9.17, 15) is 13.6 Å². The Morgan fingerprint density at radius 1 is 1.03 bits per heavy atom. The van der Waals surface area contributed by atoms with Crippen LogP contribution in [0.5, 0.6) is 0 Å². The van der Waals surface area contributed by atoms with Crippen molar-refractivity contribution in [1.29, 1.82) is 0 Å². The third-order valence-corrected chi connectivity index (χ3v) is 6.06. The quantitative estimate of drug-likeness (QED) is 0.278. The van der Waals surface area contributed by atoms with Crippen LogP contribution in [0.15, 0.2) is 65.2 Å². The molecule has 0 radical (unpaired) electrons. The Bertz CT molecular complexity index is 1580. The first kappa shape index (κ1) is 23.0. The zero-order chi connectivity index (χ0) is 24.7. The van der Waals surface area contributed by atoms with Crippen molar-refractivity contribution in [3.05, 3.63) is 99.2 Å². The fourth-order valence-corrected chi connectivity index (χ4v) is 4.32. The number of hydrogen-bond acceptors (Lipinski definition) is 4. The van der Waals surface area contributed by atoms with E-state index < -0.39 is 17.5 Å². The van der Waals surface area contributed by atoms with Gasteiger partial charge in [-0.05, 0) is 66.6 Å². The van der Waals surface area contributed by atoms with E-state index in [-0.39, 0.29) is 17.5 Å². The third kappa shape index (κ3) is 4.62. The normalized spacial score (nSPS) is 11.2. The van der Waals surface area contributed by atoms with Crippen molar-refractivity contribution in [2.45, 2.75) is 13.5 Å². The minimum Gasteiger partial charge on any atom is -0.403 e. The second-order valence-corrected chi connectivity index (χ2v) is 8.74. The summed E-state index contributed by atoms with van der Waals surface area (Å²) in [6.07, 6.45) is 1.88. The van der Waals surface area contributed by atoms with Crippen molar-refractivity contribution in [2.75, 3.05) is 5.32 Å². The van der Waals surface area contributed by atoms with Gasteiger partial charge in [-0.25, -0.2) is 8.78 Å². The Morgan fingerprint density at radius 2 is 1.80 bits per heavy atom. The van der Waals surface area contributed by atoms with Crippen molar-refractivity contribution < 1.29 is 18.0 Å². The lowest BCUT2D eigenvalue weighted by Gasteiger charge is -2.10. The number of fused-ring (bicyclic) bond motifs is 1. The molecule has 1 amide bonds. The Morgan fingerprint density at radius 3 is 2.54 bits per heavy atom. The van der Waals surface area contributed by atoms with Crippen molar-refractivity contribution in [2.24, 2.45) is 0 Å². The maximum absolute atomic E-state index is 14.5. The molecule has 2 aromatic heterocycles. The van der Waals surface area contributed by atoms with Crippen LogP contribution in [0.2, 0.25) is 10.0 Å². The minimum atomic E-state index is -0.554. The highest BCUT2D eigenvalue weighted by Crippen LogP contribution is 2.34. The summed E-state index contributed by atoms with van der Waals surface area (Å²) in [5, 5.41) is 12.0. The van der Waals surface area contributed by atoms with Crippen molar-refractivity contribution in [1.82, 2.24) is 14.8 Å². The maximum Gasteiger partial charge on any atom is 0.322 e. The molecule has 10 heteroatoms. The van der Waals surface area contributed by atoms with E-state index in [0.717, 1.165) is 11.1 Å². The van der Waals surface area contributed by atoms with Gasteiger partial charge in [-0.3, -0.25) is 10.1 Å². The summed E-state index contributed by atoms with van der Waals surface area (Å²) in [5.74, 6) is -1.48. The molecule has 35 heavy (non-hydrogen) atoms. The van der Waals surface area contributed by atoms with Gasteiger partial charge in [-0.15, -0.1) is 5.10 Å². The average Bonchev–Trinajstić information content (AvgIpc) is 3.40. The van der Waals surface area contributed by atoms with Gasteiger partial charge in [0, 0.05) is 33.7 Å². The molecule has 0 fully saturated rings. The van der Waals surface area contributed by atoms with Crippen LogP contribution in [0.25, 0.3) is 22.4 Å². The van der Waals surface area contributed by atoms with Gasteiger partial charge in [0.1, 0.15) is 11.6 Å². The summed E-state index contributed by atoms with van der Waals surface area (Å²) < 4.78 is 35.2. The molecule has 0 saturated heterocycles. The van der Waals surface area contributed by atoms with Crippen LogP contribution in [-0.4, -0.2) is 20.7 Å². The molecule has 0 aliphatic heterocycles. The van der Waals surface area contributed by atoms with Crippen molar-refractivity contribution in [3.63, 3.8) is 0 Å². The molecule has 5 aromatic rings. The molecule has 0 atom stereocenters. The lowest BCUT2D eigenvalue weighted by Crippen LogP contribution is -2.12. The number of rotatable bonds is 5. The highest BCUT2D eigenvalue weighted by atomic mass is 35.5. The van der Waals surface area contributed by atoms with Gasteiger partial charge in [0.15, 0.2) is 0 Å². The topological polar surface area (TPSA) is 73.0 Å². The van der Waals surface area contributed by atoms with Gasteiger partial charge in [0.25, 0.3) is 11.8 Å². The predicted molar refractivity (Wildman–Crippen MR) is 130 cm³/mol. The maximum atomic E-state index is 14.5. The molecule has 1 N–H and O–H groups in total. The van der Waals surface area contributed by atoms with Gasteiger partial charge in [0.2, 0.25) is 0 Å². The van der Waals surface area contributed by atoms with Gasteiger partial charge < -0.3 is 8.98 Å². The summed E-state index contributed by atoms with van der Waals surface area (Å²) in [6, 6.07) is 12.8. The fourth-order valence-electron chi connectivity index (χ4n) is 3.85. The van der Waals surface area contributed by atoms with E-state index in [1.807, 2.05) is 23.8 Å². The molecular weight excluding hydrogens is 497 g/mol. The number of amides is 1. The molecule has 3 aromatic carbocycles. The SMILES string of the molecule is Cc1cn(Cc2ccc(Cl)cc2Cl)c2c(-c3nnc(NC(=O)c4ccc(F)cc4)o3)cc(F)cc12. The van der Waals surface area contributed by atoms with Crippen LogP contribution >= 0.6 is 23.2 Å². The number of hydrogen-bond donors (Lipinski definition) is 1. The number of benzene rings is 3. The zero-order valence-electron chi connectivity index (χ0n) is 18.2. The van der Waals surface area contributed by atoms with Gasteiger partial charge in [-0.1, -0.05) is 34.4 Å². The number of anilines is 1. The molecule has 0 saturated carbocycles. The van der Waals surface area contributed by atoms with E-state index >= 15 is 0 Å². The Kier molecular flexibility index (Phi) is 6.00. The lowest BCUT2D eigenvalue weighted by molar-refractivity contribution is 0.102. The lowest BCUT2D eigenvalue weighted by atomic mass is 10.1. The van der Waals surface area contributed by atoms with Crippen molar-refractivity contribution >= 4 is 46.0 Å². The first-order valence-corrected chi connectivity index (χ1v) is 11.2.